The number of carboxylic acids is 1. The number of nitrogens with zero attached hydrogens (tertiary/aromatic N) is 2. The second kappa shape index (κ2) is 9.24. The van der Waals surface area contributed by atoms with Crippen molar-refractivity contribution in [2.45, 2.75) is 44.6 Å². The van der Waals surface area contributed by atoms with E-state index < -0.39 is 29.6 Å². The quantitative estimate of drug-likeness (QED) is 0.500. The molecule has 182 valence electrons. The fraction of sp³-hybridized carbons (Fsp3) is 0.370. The van der Waals surface area contributed by atoms with Crippen LogP contribution in [0.15, 0.2) is 42.7 Å². The molecule has 1 aliphatic carbocycles. The Labute approximate surface area is 202 Å². The maximum atomic E-state index is 15.1. The number of hydrogen-bond donors (Lipinski definition) is 0. The van der Waals surface area contributed by atoms with Crippen molar-refractivity contribution in [2.75, 3.05) is 7.11 Å². The van der Waals surface area contributed by atoms with Crippen LogP contribution in [0.25, 0.3) is 11.1 Å². The summed E-state index contributed by atoms with van der Waals surface area (Å²) in [5.74, 6) is -1.87. The van der Waals surface area contributed by atoms with Crippen LogP contribution in [0.2, 0.25) is 0 Å². The number of methoxy groups -OCH3 is 1. The Hall–Kier alpha value is -3.55. The van der Waals surface area contributed by atoms with Gasteiger partial charge in [0.1, 0.15) is 29.2 Å². The lowest BCUT2D eigenvalue weighted by Crippen LogP contribution is -2.34. The van der Waals surface area contributed by atoms with Crippen molar-refractivity contribution >= 4 is 5.97 Å². The maximum Gasteiger partial charge on any atom is 0.213 e. The molecule has 2 aliphatic rings. The molecule has 2 aromatic heterocycles. The lowest BCUT2D eigenvalue weighted by Gasteiger charge is -2.29. The molecule has 3 aromatic rings. The van der Waals surface area contributed by atoms with Crippen molar-refractivity contribution in [2.24, 2.45) is 11.8 Å². The van der Waals surface area contributed by atoms with E-state index >= 15 is 4.39 Å². The van der Waals surface area contributed by atoms with E-state index in [9.17, 15) is 14.3 Å². The van der Waals surface area contributed by atoms with Crippen LogP contribution in [0, 0.1) is 23.5 Å². The van der Waals surface area contributed by atoms with E-state index in [2.05, 4.69) is 9.97 Å². The van der Waals surface area contributed by atoms with Crippen LogP contribution in [-0.2, 0) is 11.2 Å². The smallest absolute Gasteiger partial charge is 0.213 e. The molecule has 1 aromatic carbocycles. The number of aryl methyl sites for hydroxylation is 1. The highest BCUT2D eigenvalue weighted by Crippen LogP contribution is 2.48. The zero-order valence-electron chi connectivity index (χ0n) is 19.5. The molecule has 1 saturated carbocycles. The number of benzene rings is 1. The summed E-state index contributed by atoms with van der Waals surface area (Å²) in [4.78, 5) is 19.7. The fourth-order valence-electron chi connectivity index (χ4n) is 4.94. The predicted octanol–water partition coefficient (Wildman–Crippen LogP) is 4.38. The minimum Gasteiger partial charge on any atom is -0.550 e. The summed E-state index contributed by atoms with van der Waals surface area (Å²) in [7, 11) is 1.42. The van der Waals surface area contributed by atoms with Crippen molar-refractivity contribution in [3.63, 3.8) is 0 Å². The minimum absolute atomic E-state index is 0.141. The van der Waals surface area contributed by atoms with E-state index in [1.54, 1.807) is 6.92 Å². The summed E-state index contributed by atoms with van der Waals surface area (Å²) >= 11 is 0. The van der Waals surface area contributed by atoms with Crippen molar-refractivity contribution in [1.29, 1.82) is 0 Å². The van der Waals surface area contributed by atoms with E-state index in [0.29, 0.717) is 24.5 Å². The number of carboxylic acid groups (broad SMARTS) is 1. The van der Waals surface area contributed by atoms with E-state index in [1.165, 1.54) is 25.4 Å². The molecule has 6 nitrogen and oxygen atoms in total. The third-order valence-electron chi connectivity index (χ3n) is 6.99. The molecule has 1 unspecified atom stereocenters. The molecular formula is C27H25F2N2O4-. The molecule has 3 heterocycles. The number of carbonyl (C=O) groups excluding carboxylic acids is 1. The Morgan fingerprint density at radius 3 is 2.60 bits per heavy atom. The largest absolute Gasteiger partial charge is 0.550 e. The molecule has 0 N–H and O–H groups in total. The van der Waals surface area contributed by atoms with Crippen LogP contribution in [-0.4, -0.2) is 23.0 Å². The number of aromatic nitrogens is 2. The van der Waals surface area contributed by atoms with Crippen LogP contribution in [0.1, 0.15) is 55.0 Å². The van der Waals surface area contributed by atoms with Gasteiger partial charge in [-0.05, 0) is 60.8 Å². The lowest BCUT2D eigenvalue weighted by atomic mass is 9.82. The van der Waals surface area contributed by atoms with Crippen LogP contribution in [0.5, 0.6) is 11.6 Å². The zero-order chi connectivity index (χ0) is 24.7. The van der Waals surface area contributed by atoms with Crippen molar-refractivity contribution in [1.82, 2.24) is 9.97 Å². The lowest BCUT2D eigenvalue weighted by molar-refractivity contribution is -0.311. The molecule has 1 fully saturated rings. The van der Waals surface area contributed by atoms with Gasteiger partial charge in [0, 0.05) is 35.3 Å². The van der Waals surface area contributed by atoms with E-state index in [0.717, 1.165) is 30.2 Å². The number of halogens is 2. The fourth-order valence-corrected chi connectivity index (χ4v) is 4.94. The summed E-state index contributed by atoms with van der Waals surface area (Å²) in [5.41, 5.74) is 2.44. The summed E-state index contributed by atoms with van der Waals surface area (Å²) in [6, 6.07) is 8.44. The number of hydrogen-bond acceptors (Lipinski definition) is 6. The maximum absolute atomic E-state index is 15.1. The van der Waals surface area contributed by atoms with E-state index in [1.807, 2.05) is 18.2 Å². The Balaban J connectivity index is 1.41. The van der Waals surface area contributed by atoms with Gasteiger partial charge in [-0.3, -0.25) is 4.98 Å². The van der Waals surface area contributed by atoms with Gasteiger partial charge in [0.15, 0.2) is 0 Å². The molecule has 35 heavy (non-hydrogen) atoms. The molecule has 0 radical (unpaired) electrons. The van der Waals surface area contributed by atoms with E-state index in [-0.39, 0.29) is 28.6 Å². The highest BCUT2D eigenvalue weighted by atomic mass is 19.1. The number of carbonyl (C=O) groups is 1. The van der Waals surface area contributed by atoms with Crippen LogP contribution < -0.4 is 14.6 Å². The SMILES string of the molecule is COc1cc(-c2cnc(C3CCc4ccc([C@H](C5CC5)[C@H](C)C(=O)[O-])cc4O3)c(F)c2)c(F)cn1. The standard InChI is InChI=1S/C27H26F2N2O4/c1-14(27(32)33)25(16-4-5-16)17-6-3-15-7-8-22(35-23(15)10-17)26-20(28)9-18(12-31-26)19-11-24(34-2)30-13-21(19)29/h3,6,9-14,16,22,25H,4-5,7-8H2,1-2H3,(H,32,33)/p-1/t14-,22?,25-/m0/s1. The van der Waals surface area contributed by atoms with Gasteiger partial charge in [0.2, 0.25) is 5.88 Å². The molecule has 0 saturated heterocycles. The Kier molecular flexibility index (Phi) is 6.13. The van der Waals surface area contributed by atoms with Crippen LogP contribution >= 0.6 is 0 Å². The summed E-state index contributed by atoms with van der Waals surface area (Å²) in [6.07, 6.45) is 5.02. The third-order valence-corrected chi connectivity index (χ3v) is 6.99. The first-order valence-corrected chi connectivity index (χ1v) is 11.7. The Morgan fingerprint density at radius 2 is 1.91 bits per heavy atom. The Morgan fingerprint density at radius 1 is 1.11 bits per heavy atom. The number of rotatable bonds is 7. The molecule has 0 spiro atoms. The van der Waals surface area contributed by atoms with Gasteiger partial charge in [-0.1, -0.05) is 19.1 Å². The van der Waals surface area contributed by atoms with Gasteiger partial charge < -0.3 is 19.4 Å². The average Bonchev–Trinajstić information content (AvgIpc) is 3.69. The molecule has 0 bridgehead atoms. The van der Waals surface area contributed by atoms with Gasteiger partial charge in [-0.15, -0.1) is 0 Å². The zero-order valence-corrected chi connectivity index (χ0v) is 19.5. The number of pyridine rings is 2. The highest BCUT2D eigenvalue weighted by Gasteiger charge is 2.37. The van der Waals surface area contributed by atoms with Gasteiger partial charge in [0.05, 0.1) is 13.3 Å². The molecule has 8 heteroatoms. The minimum atomic E-state index is -1.06. The molecule has 1 aliphatic heterocycles. The monoisotopic (exact) mass is 479 g/mol. The second-order valence-corrected chi connectivity index (χ2v) is 9.28. The van der Waals surface area contributed by atoms with Crippen molar-refractivity contribution in [3.8, 4) is 22.8 Å². The number of aliphatic carboxylic acids is 1. The molecular weight excluding hydrogens is 454 g/mol. The molecule has 5 rings (SSSR count). The summed E-state index contributed by atoms with van der Waals surface area (Å²) in [5, 5.41) is 11.6. The van der Waals surface area contributed by atoms with Crippen molar-refractivity contribution < 1.29 is 28.2 Å². The third kappa shape index (κ3) is 4.57. The summed E-state index contributed by atoms with van der Waals surface area (Å²) in [6.45, 7) is 1.68. The number of ether oxygens (including phenoxy) is 2. The second-order valence-electron chi connectivity index (χ2n) is 9.28. The normalized spacial score (nSPS) is 18.8. The predicted molar refractivity (Wildman–Crippen MR) is 122 cm³/mol. The first-order chi connectivity index (χ1) is 16.9. The van der Waals surface area contributed by atoms with Crippen LogP contribution in [0.3, 0.4) is 0 Å². The van der Waals surface area contributed by atoms with Gasteiger partial charge >= 0.3 is 0 Å². The van der Waals surface area contributed by atoms with Crippen molar-refractivity contribution in [3.05, 3.63) is 71.2 Å². The van der Waals surface area contributed by atoms with Gasteiger partial charge in [-0.2, -0.15) is 0 Å². The topological polar surface area (TPSA) is 84.4 Å². The summed E-state index contributed by atoms with van der Waals surface area (Å²) < 4.78 is 40.6. The van der Waals surface area contributed by atoms with Gasteiger partial charge in [0.25, 0.3) is 0 Å². The number of fused-ring (bicyclic) bond motifs is 1. The Bertz CT molecular complexity index is 1280. The average molecular weight is 480 g/mol. The highest BCUT2D eigenvalue weighted by molar-refractivity contribution is 5.69. The van der Waals surface area contributed by atoms with Gasteiger partial charge in [-0.25, -0.2) is 13.8 Å². The van der Waals surface area contributed by atoms with Crippen LogP contribution in [0.4, 0.5) is 8.78 Å². The first kappa shape index (κ1) is 23.2. The van der Waals surface area contributed by atoms with E-state index in [4.69, 9.17) is 9.47 Å². The first-order valence-electron chi connectivity index (χ1n) is 11.7. The molecule has 3 atom stereocenters. The molecule has 0 amide bonds.